The molecule has 1 aliphatic carbocycles. The van der Waals surface area contributed by atoms with E-state index in [4.69, 9.17) is 5.11 Å². The normalized spacial score (nSPS) is 22.8. The van der Waals surface area contributed by atoms with Gasteiger partial charge < -0.3 is 15.7 Å². The molecule has 2 amide bonds. The summed E-state index contributed by atoms with van der Waals surface area (Å²) in [5, 5.41) is 15.7. The predicted molar refractivity (Wildman–Crippen MR) is 80.4 cm³/mol. The van der Waals surface area contributed by atoms with E-state index in [-0.39, 0.29) is 24.0 Å². The standard InChI is InChI=1S/C14H21N3O3S/c1-7-12(21-9(3)15-7)8(2)16-14(20)17-11-5-4-10(6-11)13(18)19/h8,10-11H,4-6H2,1-3H3,(H,18,19)(H2,16,17,20). The first-order valence-electron chi connectivity index (χ1n) is 7.10. The molecule has 3 unspecified atom stereocenters. The number of nitrogens with zero attached hydrogens (tertiary/aromatic N) is 1. The highest BCUT2D eigenvalue weighted by atomic mass is 32.1. The Morgan fingerprint density at radius 2 is 2.10 bits per heavy atom. The highest BCUT2D eigenvalue weighted by Crippen LogP contribution is 2.26. The summed E-state index contributed by atoms with van der Waals surface area (Å²) >= 11 is 1.58. The number of rotatable bonds is 4. The van der Waals surface area contributed by atoms with Crippen LogP contribution >= 0.6 is 11.3 Å². The average molecular weight is 311 g/mol. The van der Waals surface area contributed by atoms with Crippen LogP contribution in [0.5, 0.6) is 0 Å². The molecule has 116 valence electrons. The van der Waals surface area contributed by atoms with Gasteiger partial charge in [-0.05, 0) is 40.0 Å². The molecule has 1 heterocycles. The van der Waals surface area contributed by atoms with Gasteiger partial charge in [0.05, 0.1) is 22.7 Å². The molecule has 3 atom stereocenters. The molecule has 1 saturated carbocycles. The van der Waals surface area contributed by atoms with Gasteiger partial charge in [0.15, 0.2) is 0 Å². The summed E-state index contributed by atoms with van der Waals surface area (Å²) in [5.74, 6) is -1.11. The quantitative estimate of drug-likeness (QED) is 0.796. The van der Waals surface area contributed by atoms with Crippen LogP contribution in [0.2, 0.25) is 0 Å². The number of aliphatic carboxylic acids is 1. The topological polar surface area (TPSA) is 91.3 Å². The molecule has 1 fully saturated rings. The van der Waals surface area contributed by atoms with Gasteiger partial charge in [-0.2, -0.15) is 0 Å². The number of nitrogens with one attached hydrogen (secondary N) is 2. The molecule has 0 saturated heterocycles. The van der Waals surface area contributed by atoms with Crippen LogP contribution in [0.4, 0.5) is 4.79 Å². The van der Waals surface area contributed by atoms with E-state index >= 15 is 0 Å². The van der Waals surface area contributed by atoms with Gasteiger partial charge in [-0.15, -0.1) is 11.3 Å². The first kappa shape index (κ1) is 15.8. The number of carboxylic acid groups (broad SMARTS) is 1. The van der Waals surface area contributed by atoms with Crippen molar-refractivity contribution < 1.29 is 14.7 Å². The first-order valence-corrected chi connectivity index (χ1v) is 7.92. The van der Waals surface area contributed by atoms with E-state index in [1.807, 2.05) is 20.8 Å². The van der Waals surface area contributed by atoms with E-state index in [9.17, 15) is 9.59 Å². The lowest BCUT2D eigenvalue weighted by Gasteiger charge is -2.17. The number of urea groups is 1. The summed E-state index contributed by atoms with van der Waals surface area (Å²) in [5.41, 5.74) is 0.942. The Balaban J connectivity index is 1.85. The molecule has 0 aromatic carbocycles. The lowest BCUT2D eigenvalue weighted by Crippen LogP contribution is -2.42. The molecule has 1 aromatic rings. The Morgan fingerprint density at radius 1 is 1.38 bits per heavy atom. The van der Waals surface area contributed by atoms with Gasteiger partial charge in [0.25, 0.3) is 0 Å². The Labute approximate surface area is 128 Å². The van der Waals surface area contributed by atoms with Gasteiger partial charge >= 0.3 is 12.0 Å². The molecule has 7 heteroatoms. The lowest BCUT2D eigenvalue weighted by atomic mass is 10.1. The van der Waals surface area contributed by atoms with Crippen LogP contribution in [-0.2, 0) is 4.79 Å². The second-order valence-corrected chi connectivity index (χ2v) is 6.80. The predicted octanol–water partition coefficient (Wildman–Crippen LogP) is 2.37. The molecule has 0 spiro atoms. The number of aryl methyl sites for hydroxylation is 2. The number of aromatic nitrogens is 1. The lowest BCUT2D eigenvalue weighted by molar-refractivity contribution is -0.141. The van der Waals surface area contributed by atoms with Crippen molar-refractivity contribution in [2.75, 3.05) is 0 Å². The van der Waals surface area contributed by atoms with E-state index in [2.05, 4.69) is 15.6 Å². The van der Waals surface area contributed by atoms with Gasteiger partial charge in [0, 0.05) is 10.9 Å². The number of thiazole rings is 1. The van der Waals surface area contributed by atoms with Gasteiger partial charge in [-0.3, -0.25) is 4.79 Å². The third-order valence-electron chi connectivity index (χ3n) is 3.80. The van der Waals surface area contributed by atoms with Crippen molar-refractivity contribution in [3.8, 4) is 0 Å². The fraction of sp³-hybridized carbons (Fsp3) is 0.643. The van der Waals surface area contributed by atoms with Gasteiger partial charge in [0.2, 0.25) is 0 Å². The molecule has 0 radical (unpaired) electrons. The van der Waals surface area contributed by atoms with Crippen LogP contribution in [-0.4, -0.2) is 28.1 Å². The number of hydrogen-bond donors (Lipinski definition) is 3. The summed E-state index contributed by atoms with van der Waals surface area (Å²) in [7, 11) is 0. The van der Waals surface area contributed by atoms with Crippen LogP contribution in [0.15, 0.2) is 0 Å². The Bertz CT molecular complexity index is 544. The SMILES string of the molecule is Cc1nc(C)c(C(C)NC(=O)NC2CCC(C(=O)O)C2)s1. The van der Waals surface area contributed by atoms with Gasteiger partial charge in [-0.1, -0.05) is 0 Å². The third kappa shape index (κ3) is 3.93. The third-order valence-corrected chi connectivity index (χ3v) is 5.05. The van der Waals surface area contributed by atoms with Crippen LogP contribution in [0.1, 0.15) is 47.8 Å². The Kier molecular flexibility index (Phi) is 4.82. The summed E-state index contributed by atoms with van der Waals surface area (Å²) in [6, 6.07) is -0.403. The van der Waals surface area contributed by atoms with Crippen LogP contribution in [0.3, 0.4) is 0 Å². The zero-order valence-electron chi connectivity index (χ0n) is 12.5. The number of carbonyl (C=O) groups is 2. The van der Waals surface area contributed by atoms with Crippen molar-refractivity contribution in [1.82, 2.24) is 15.6 Å². The van der Waals surface area contributed by atoms with E-state index in [0.29, 0.717) is 12.8 Å². The Hall–Kier alpha value is -1.63. The molecule has 0 bridgehead atoms. The van der Waals surface area contributed by atoms with Crippen molar-refractivity contribution in [3.05, 3.63) is 15.6 Å². The maximum absolute atomic E-state index is 12.0. The maximum Gasteiger partial charge on any atom is 0.315 e. The minimum Gasteiger partial charge on any atom is -0.481 e. The van der Waals surface area contributed by atoms with Crippen molar-refractivity contribution in [2.24, 2.45) is 5.92 Å². The molecule has 1 aromatic heterocycles. The molecular weight excluding hydrogens is 290 g/mol. The summed E-state index contributed by atoms with van der Waals surface area (Å²) in [6.45, 7) is 5.80. The number of hydrogen-bond acceptors (Lipinski definition) is 4. The van der Waals surface area contributed by atoms with Crippen molar-refractivity contribution in [1.29, 1.82) is 0 Å². The van der Waals surface area contributed by atoms with Crippen LogP contribution < -0.4 is 10.6 Å². The van der Waals surface area contributed by atoms with Crippen molar-refractivity contribution in [2.45, 2.75) is 52.1 Å². The smallest absolute Gasteiger partial charge is 0.315 e. The van der Waals surface area contributed by atoms with E-state index in [1.54, 1.807) is 11.3 Å². The van der Waals surface area contributed by atoms with Crippen LogP contribution in [0, 0.1) is 19.8 Å². The highest BCUT2D eigenvalue weighted by molar-refractivity contribution is 7.11. The minimum absolute atomic E-state index is 0.0532. The second-order valence-electron chi connectivity index (χ2n) is 5.57. The Morgan fingerprint density at radius 3 is 2.62 bits per heavy atom. The molecule has 2 rings (SSSR count). The molecule has 6 nitrogen and oxygen atoms in total. The monoisotopic (exact) mass is 311 g/mol. The molecule has 3 N–H and O–H groups in total. The van der Waals surface area contributed by atoms with Crippen molar-refractivity contribution >= 4 is 23.3 Å². The largest absolute Gasteiger partial charge is 0.481 e. The summed E-state index contributed by atoms with van der Waals surface area (Å²) in [4.78, 5) is 28.3. The molecule has 1 aliphatic rings. The summed E-state index contributed by atoms with van der Waals surface area (Å²) in [6.07, 6.45) is 1.86. The zero-order valence-corrected chi connectivity index (χ0v) is 13.3. The molecule has 21 heavy (non-hydrogen) atoms. The fourth-order valence-corrected chi connectivity index (χ4v) is 3.70. The number of carbonyl (C=O) groups excluding carboxylic acids is 1. The second kappa shape index (κ2) is 6.43. The van der Waals surface area contributed by atoms with E-state index in [0.717, 1.165) is 22.0 Å². The highest BCUT2D eigenvalue weighted by Gasteiger charge is 2.30. The van der Waals surface area contributed by atoms with E-state index in [1.165, 1.54) is 0 Å². The first-order chi connectivity index (χ1) is 9.86. The minimum atomic E-state index is -0.774. The van der Waals surface area contributed by atoms with Gasteiger partial charge in [-0.25, -0.2) is 9.78 Å². The number of carboxylic acids is 1. The molecule has 0 aliphatic heterocycles. The van der Waals surface area contributed by atoms with Crippen molar-refractivity contribution in [3.63, 3.8) is 0 Å². The number of amides is 2. The van der Waals surface area contributed by atoms with Gasteiger partial charge in [0.1, 0.15) is 0 Å². The van der Waals surface area contributed by atoms with E-state index < -0.39 is 5.97 Å². The zero-order chi connectivity index (χ0) is 15.6. The van der Waals surface area contributed by atoms with Crippen LogP contribution in [0.25, 0.3) is 0 Å². The average Bonchev–Trinajstić information content (AvgIpc) is 2.95. The fourth-order valence-electron chi connectivity index (χ4n) is 2.77. The summed E-state index contributed by atoms with van der Waals surface area (Å²) < 4.78 is 0. The maximum atomic E-state index is 12.0. The molecular formula is C14H21N3O3S.